The first-order valence-corrected chi connectivity index (χ1v) is 8.16. The number of amides is 2. The van der Waals surface area contributed by atoms with Crippen LogP contribution in [0.5, 0.6) is 0 Å². The molecule has 0 spiro atoms. The first kappa shape index (κ1) is 15.8. The van der Waals surface area contributed by atoms with Crippen molar-refractivity contribution in [3.8, 4) is 0 Å². The highest BCUT2D eigenvalue weighted by atomic mass is 32.1. The predicted octanol–water partition coefficient (Wildman–Crippen LogP) is 3.24. The molecule has 2 rings (SSSR count). The van der Waals surface area contributed by atoms with Gasteiger partial charge in [-0.1, -0.05) is 25.3 Å². The number of rotatable bonds is 4. The Hall–Kier alpha value is -1.56. The van der Waals surface area contributed by atoms with Gasteiger partial charge < -0.3 is 15.3 Å². The van der Waals surface area contributed by atoms with E-state index in [2.05, 4.69) is 5.32 Å². The van der Waals surface area contributed by atoms with Gasteiger partial charge in [-0.2, -0.15) is 0 Å². The van der Waals surface area contributed by atoms with Gasteiger partial charge >= 0.3 is 12.0 Å². The monoisotopic (exact) mass is 310 g/mol. The van der Waals surface area contributed by atoms with E-state index in [0.717, 1.165) is 24.1 Å². The number of nitrogens with one attached hydrogen (secondary N) is 1. The zero-order valence-corrected chi connectivity index (χ0v) is 13.3. The van der Waals surface area contributed by atoms with E-state index >= 15 is 0 Å². The van der Waals surface area contributed by atoms with Gasteiger partial charge in [0.2, 0.25) is 0 Å². The molecule has 1 aliphatic rings. The first-order chi connectivity index (χ1) is 9.96. The minimum atomic E-state index is -1.10. The van der Waals surface area contributed by atoms with Crippen LogP contribution in [0.4, 0.5) is 4.79 Å². The van der Waals surface area contributed by atoms with Crippen molar-refractivity contribution in [3.05, 3.63) is 22.4 Å². The molecule has 0 aromatic carbocycles. The third-order valence-corrected chi connectivity index (χ3v) is 5.36. The molecule has 0 aliphatic heterocycles. The Kier molecular flexibility index (Phi) is 4.88. The van der Waals surface area contributed by atoms with Gasteiger partial charge in [-0.05, 0) is 31.2 Å². The number of carboxylic acid groups (broad SMARTS) is 1. The van der Waals surface area contributed by atoms with E-state index in [1.807, 2.05) is 24.4 Å². The number of thiophene rings is 1. The summed E-state index contributed by atoms with van der Waals surface area (Å²) in [6.07, 6.45) is 3.74. The molecule has 1 fully saturated rings. The molecule has 1 unspecified atom stereocenters. The van der Waals surface area contributed by atoms with Crippen molar-refractivity contribution in [3.63, 3.8) is 0 Å². The number of carboxylic acids is 1. The molecule has 116 valence electrons. The smallest absolute Gasteiger partial charge is 0.329 e. The number of urea groups is 1. The second kappa shape index (κ2) is 6.47. The van der Waals surface area contributed by atoms with Crippen LogP contribution >= 0.6 is 11.3 Å². The van der Waals surface area contributed by atoms with Gasteiger partial charge in [0.1, 0.15) is 5.54 Å². The number of nitrogens with zero attached hydrogens (tertiary/aromatic N) is 1. The highest BCUT2D eigenvalue weighted by Crippen LogP contribution is 2.30. The number of aliphatic carboxylic acids is 1. The number of carbonyl (C=O) groups is 2. The predicted molar refractivity (Wildman–Crippen MR) is 82.5 cm³/mol. The van der Waals surface area contributed by atoms with E-state index in [1.165, 1.54) is 0 Å². The Balaban J connectivity index is 2.06. The van der Waals surface area contributed by atoms with E-state index in [-0.39, 0.29) is 12.1 Å². The molecule has 0 radical (unpaired) electrons. The van der Waals surface area contributed by atoms with Gasteiger partial charge in [0, 0.05) is 11.9 Å². The summed E-state index contributed by atoms with van der Waals surface area (Å²) in [5, 5.41) is 14.2. The number of carbonyl (C=O) groups excluding carboxylic acids is 1. The summed E-state index contributed by atoms with van der Waals surface area (Å²) in [5.74, 6) is -0.923. The van der Waals surface area contributed by atoms with Crippen LogP contribution in [0.25, 0.3) is 0 Å². The maximum atomic E-state index is 12.4. The summed E-state index contributed by atoms with van der Waals surface area (Å²) in [7, 11) is 1.71. The van der Waals surface area contributed by atoms with Crippen LogP contribution in [0.2, 0.25) is 0 Å². The molecule has 21 heavy (non-hydrogen) atoms. The average Bonchev–Trinajstić information content (AvgIpc) is 3.00. The van der Waals surface area contributed by atoms with Gasteiger partial charge in [0.25, 0.3) is 0 Å². The Bertz CT molecular complexity index is 495. The van der Waals surface area contributed by atoms with Crippen molar-refractivity contribution in [2.45, 2.75) is 50.6 Å². The van der Waals surface area contributed by atoms with Gasteiger partial charge in [0.05, 0.1) is 6.04 Å². The molecular weight excluding hydrogens is 288 g/mol. The average molecular weight is 310 g/mol. The highest BCUT2D eigenvalue weighted by molar-refractivity contribution is 7.10. The van der Waals surface area contributed by atoms with Gasteiger partial charge in [-0.15, -0.1) is 11.3 Å². The summed E-state index contributed by atoms with van der Waals surface area (Å²) in [5.41, 5.74) is -1.10. The molecule has 1 aliphatic carbocycles. The lowest BCUT2D eigenvalue weighted by atomic mass is 9.82. The molecule has 1 saturated carbocycles. The highest BCUT2D eigenvalue weighted by Gasteiger charge is 2.41. The molecule has 1 aromatic rings. The summed E-state index contributed by atoms with van der Waals surface area (Å²) in [4.78, 5) is 26.7. The van der Waals surface area contributed by atoms with E-state index in [9.17, 15) is 14.7 Å². The zero-order valence-electron chi connectivity index (χ0n) is 12.5. The lowest BCUT2D eigenvalue weighted by molar-refractivity contribution is -0.146. The van der Waals surface area contributed by atoms with Crippen molar-refractivity contribution in [2.24, 2.45) is 0 Å². The molecule has 5 nitrogen and oxygen atoms in total. The lowest BCUT2D eigenvalue weighted by Crippen LogP contribution is -2.58. The van der Waals surface area contributed by atoms with Crippen molar-refractivity contribution < 1.29 is 14.7 Å². The lowest BCUT2D eigenvalue weighted by Gasteiger charge is -2.36. The maximum Gasteiger partial charge on any atom is 0.329 e. The van der Waals surface area contributed by atoms with Crippen LogP contribution < -0.4 is 5.32 Å². The molecule has 1 heterocycles. The second-order valence-electron chi connectivity index (χ2n) is 5.68. The molecule has 1 atom stereocenters. The van der Waals surface area contributed by atoms with Gasteiger partial charge in [-0.3, -0.25) is 0 Å². The molecule has 1 aromatic heterocycles. The zero-order chi connectivity index (χ0) is 15.5. The van der Waals surface area contributed by atoms with Crippen molar-refractivity contribution in [1.29, 1.82) is 0 Å². The fourth-order valence-electron chi connectivity index (χ4n) is 2.74. The van der Waals surface area contributed by atoms with Crippen LogP contribution in [-0.4, -0.2) is 34.6 Å². The number of hydrogen-bond donors (Lipinski definition) is 2. The largest absolute Gasteiger partial charge is 0.480 e. The number of hydrogen-bond acceptors (Lipinski definition) is 3. The topological polar surface area (TPSA) is 69.6 Å². The first-order valence-electron chi connectivity index (χ1n) is 7.28. The molecular formula is C15H22N2O3S. The van der Waals surface area contributed by atoms with Gasteiger partial charge in [0.15, 0.2) is 0 Å². The van der Waals surface area contributed by atoms with E-state index in [0.29, 0.717) is 12.8 Å². The standard InChI is InChI=1S/C15H22N2O3S/c1-11(12-7-6-10-21-12)17(2)14(20)16-15(13(18)19)8-4-3-5-9-15/h6-7,10-11H,3-5,8-9H2,1-2H3,(H,16,20)(H,18,19). The Morgan fingerprint density at radius 1 is 1.38 bits per heavy atom. The summed E-state index contributed by atoms with van der Waals surface area (Å²) in [6, 6.07) is 3.54. The van der Waals surface area contributed by atoms with E-state index < -0.39 is 11.5 Å². The Morgan fingerprint density at radius 3 is 2.57 bits per heavy atom. The minimum Gasteiger partial charge on any atom is -0.480 e. The quantitative estimate of drug-likeness (QED) is 0.897. The molecule has 0 bridgehead atoms. The fourth-order valence-corrected chi connectivity index (χ4v) is 3.56. The Morgan fingerprint density at radius 2 is 2.05 bits per heavy atom. The van der Waals surface area contributed by atoms with E-state index in [1.54, 1.807) is 23.3 Å². The SMILES string of the molecule is CC(c1cccs1)N(C)C(=O)NC1(C(=O)O)CCCCC1. The third-order valence-electron chi connectivity index (χ3n) is 4.32. The molecule has 2 amide bonds. The van der Waals surface area contributed by atoms with Crippen LogP contribution in [-0.2, 0) is 4.79 Å². The van der Waals surface area contributed by atoms with Crippen LogP contribution in [0.3, 0.4) is 0 Å². The summed E-state index contributed by atoms with van der Waals surface area (Å²) in [6.45, 7) is 1.94. The van der Waals surface area contributed by atoms with Crippen molar-refractivity contribution in [2.75, 3.05) is 7.05 Å². The molecule has 6 heteroatoms. The van der Waals surface area contributed by atoms with E-state index in [4.69, 9.17) is 0 Å². The minimum absolute atomic E-state index is 0.0700. The fraction of sp³-hybridized carbons (Fsp3) is 0.600. The van der Waals surface area contributed by atoms with Gasteiger partial charge in [-0.25, -0.2) is 9.59 Å². The van der Waals surface area contributed by atoms with Crippen molar-refractivity contribution in [1.82, 2.24) is 10.2 Å². The van der Waals surface area contributed by atoms with Crippen LogP contribution in [0.15, 0.2) is 17.5 Å². The molecule has 2 N–H and O–H groups in total. The normalized spacial score (nSPS) is 18.8. The third kappa shape index (κ3) is 3.37. The van der Waals surface area contributed by atoms with Crippen LogP contribution in [0, 0.1) is 0 Å². The molecule has 0 saturated heterocycles. The summed E-state index contributed by atoms with van der Waals surface area (Å²) >= 11 is 1.59. The maximum absolute atomic E-state index is 12.4. The van der Waals surface area contributed by atoms with Crippen LogP contribution in [0.1, 0.15) is 49.9 Å². The Labute approximate surface area is 129 Å². The second-order valence-corrected chi connectivity index (χ2v) is 6.66. The summed E-state index contributed by atoms with van der Waals surface area (Å²) < 4.78 is 0. The van der Waals surface area contributed by atoms with Crippen molar-refractivity contribution >= 4 is 23.3 Å².